The molecule has 0 bridgehead atoms. The highest BCUT2D eigenvalue weighted by Gasteiger charge is 2.16. The van der Waals surface area contributed by atoms with Crippen LogP contribution in [-0.2, 0) is 10.2 Å². The van der Waals surface area contributed by atoms with Gasteiger partial charge in [-0.05, 0) is 38.5 Å². The van der Waals surface area contributed by atoms with Gasteiger partial charge in [-0.3, -0.25) is 10.0 Å². The van der Waals surface area contributed by atoms with Crippen LogP contribution in [0.4, 0.5) is 16.6 Å². The van der Waals surface area contributed by atoms with Gasteiger partial charge in [0.05, 0.1) is 0 Å². The summed E-state index contributed by atoms with van der Waals surface area (Å²) in [4.78, 5) is 23.6. The van der Waals surface area contributed by atoms with Crippen LogP contribution < -0.4 is 14.8 Å². The monoisotopic (exact) mass is 336 g/mol. The van der Waals surface area contributed by atoms with E-state index < -0.39 is 16.2 Å². The minimum Gasteiger partial charge on any atom is -0.275 e. The maximum absolute atomic E-state index is 11.9. The summed E-state index contributed by atoms with van der Waals surface area (Å²) in [5.41, 5.74) is 2.18. The molecule has 3 N–H and O–H groups in total. The number of nitrogens with one attached hydrogen (secondary N) is 3. The van der Waals surface area contributed by atoms with Gasteiger partial charge >= 0.3 is 16.2 Å². The highest BCUT2D eigenvalue weighted by molar-refractivity contribution is 7.91. The zero-order valence-electron chi connectivity index (χ0n) is 12.8. The van der Waals surface area contributed by atoms with E-state index in [1.807, 2.05) is 6.92 Å². The lowest BCUT2D eigenvalue weighted by atomic mass is 10.3. The standard InChI is InChI=1S/C13H16N6O3S/c1-8-4-5-11(14-7-8)18-23(21,22)19-13(20)17-12-15-9(2)6-10(3)16-12/h4-7H,1-3H3,(H,14,18)(H2,15,16,17,19,20). The van der Waals surface area contributed by atoms with Crippen LogP contribution in [-0.4, -0.2) is 29.4 Å². The zero-order chi connectivity index (χ0) is 17.0. The van der Waals surface area contributed by atoms with Crippen LogP contribution in [0.1, 0.15) is 17.0 Å². The number of anilines is 2. The summed E-state index contributed by atoms with van der Waals surface area (Å²) in [6, 6.07) is 3.92. The number of hydrogen-bond donors (Lipinski definition) is 3. The Kier molecular flexibility index (Phi) is 4.74. The molecule has 0 atom stereocenters. The summed E-state index contributed by atoms with van der Waals surface area (Å²) in [5, 5.41) is 2.26. The van der Waals surface area contributed by atoms with Crippen molar-refractivity contribution in [1.82, 2.24) is 19.7 Å². The van der Waals surface area contributed by atoms with E-state index in [-0.39, 0.29) is 11.8 Å². The maximum atomic E-state index is 11.9. The summed E-state index contributed by atoms with van der Waals surface area (Å²) in [7, 11) is -4.12. The predicted octanol–water partition coefficient (Wildman–Crippen LogP) is 1.28. The highest BCUT2D eigenvalue weighted by Crippen LogP contribution is 2.06. The molecule has 0 spiro atoms. The number of aryl methyl sites for hydroxylation is 3. The van der Waals surface area contributed by atoms with Crippen molar-refractivity contribution in [2.45, 2.75) is 20.8 Å². The molecule has 2 aromatic rings. The largest absolute Gasteiger partial charge is 0.336 e. The van der Waals surface area contributed by atoms with Crippen LogP contribution in [0.3, 0.4) is 0 Å². The first-order valence-electron chi connectivity index (χ1n) is 6.60. The molecule has 2 amide bonds. The van der Waals surface area contributed by atoms with Crippen LogP contribution in [0.25, 0.3) is 0 Å². The maximum Gasteiger partial charge on any atom is 0.336 e. The van der Waals surface area contributed by atoms with Crippen LogP contribution in [0.2, 0.25) is 0 Å². The van der Waals surface area contributed by atoms with Crippen molar-refractivity contribution in [3.8, 4) is 0 Å². The molecule has 2 heterocycles. The van der Waals surface area contributed by atoms with Gasteiger partial charge in [0, 0.05) is 17.6 Å². The summed E-state index contributed by atoms with van der Waals surface area (Å²) in [6.45, 7) is 5.29. The number of pyridine rings is 1. The fourth-order valence-electron chi connectivity index (χ4n) is 1.72. The molecule has 0 saturated heterocycles. The molecule has 23 heavy (non-hydrogen) atoms. The number of amides is 2. The van der Waals surface area contributed by atoms with E-state index >= 15 is 0 Å². The third kappa shape index (κ3) is 5.18. The normalized spacial score (nSPS) is 10.9. The van der Waals surface area contributed by atoms with Crippen molar-refractivity contribution in [3.05, 3.63) is 41.3 Å². The van der Waals surface area contributed by atoms with Crippen molar-refractivity contribution < 1.29 is 13.2 Å². The van der Waals surface area contributed by atoms with Gasteiger partial charge < -0.3 is 0 Å². The van der Waals surface area contributed by atoms with Gasteiger partial charge in [0.15, 0.2) is 0 Å². The van der Waals surface area contributed by atoms with E-state index in [9.17, 15) is 13.2 Å². The quantitative estimate of drug-likeness (QED) is 0.772. The average Bonchev–Trinajstić information content (AvgIpc) is 2.39. The van der Waals surface area contributed by atoms with Gasteiger partial charge in [-0.25, -0.2) is 24.5 Å². The minimum atomic E-state index is -4.12. The number of rotatable bonds is 4. The Morgan fingerprint density at radius 2 is 1.74 bits per heavy atom. The molecule has 122 valence electrons. The summed E-state index contributed by atoms with van der Waals surface area (Å²) < 4.78 is 27.6. The van der Waals surface area contributed by atoms with E-state index in [1.54, 1.807) is 30.7 Å². The van der Waals surface area contributed by atoms with Crippen LogP contribution in [0, 0.1) is 20.8 Å². The minimum absolute atomic E-state index is 0.0173. The lowest BCUT2D eigenvalue weighted by Gasteiger charge is -2.09. The SMILES string of the molecule is Cc1ccc(NS(=O)(=O)NC(=O)Nc2nc(C)cc(C)n2)nc1. The Hall–Kier alpha value is -2.75. The zero-order valence-corrected chi connectivity index (χ0v) is 13.6. The second-order valence-electron chi connectivity index (χ2n) is 4.86. The fraction of sp³-hybridized carbons (Fsp3) is 0.231. The van der Waals surface area contributed by atoms with Crippen molar-refractivity contribution >= 4 is 28.0 Å². The molecular weight excluding hydrogens is 320 g/mol. The fourth-order valence-corrected chi connectivity index (χ4v) is 2.46. The van der Waals surface area contributed by atoms with Crippen LogP contribution in [0.15, 0.2) is 24.4 Å². The second-order valence-corrected chi connectivity index (χ2v) is 6.27. The summed E-state index contributed by atoms with van der Waals surface area (Å²) in [6.07, 6.45) is 1.50. The molecule has 0 saturated carbocycles. The van der Waals surface area contributed by atoms with E-state index in [4.69, 9.17) is 0 Å². The summed E-state index contributed by atoms with van der Waals surface area (Å²) in [5.74, 6) is 0.113. The van der Waals surface area contributed by atoms with E-state index in [0.29, 0.717) is 11.4 Å². The number of hydrogen-bond acceptors (Lipinski definition) is 6. The molecule has 10 heteroatoms. The van der Waals surface area contributed by atoms with Gasteiger partial charge in [-0.2, -0.15) is 8.42 Å². The highest BCUT2D eigenvalue weighted by atomic mass is 32.2. The molecule has 0 aromatic carbocycles. The molecule has 2 rings (SSSR count). The number of carbonyl (C=O) groups is 1. The van der Waals surface area contributed by atoms with Crippen molar-refractivity contribution in [3.63, 3.8) is 0 Å². The molecule has 0 aliphatic carbocycles. The first-order chi connectivity index (χ1) is 10.7. The molecule has 9 nitrogen and oxygen atoms in total. The molecular formula is C13H16N6O3S. The van der Waals surface area contributed by atoms with E-state index in [0.717, 1.165) is 5.56 Å². The van der Waals surface area contributed by atoms with Gasteiger partial charge in [0.25, 0.3) is 0 Å². The Morgan fingerprint density at radius 3 is 2.30 bits per heavy atom. The number of nitrogens with zero attached hydrogens (tertiary/aromatic N) is 3. The second kappa shape index (κ2) is 6.57. The van der Waals surface area contributed by atoms with Crippen LogP contribution in [0.5, 0.6) is 0 Å². The lowest BCUT2D eigenvalue weighted by molar-refractivity contribution is 0.256. The number of carbonyl (C=O) groups excluding carboxylic acids is 1. The smallest absolute Gasteiger partial charge is 0.275 e. The Balaban J connectivity index is 2.01. The van der Waals surface area contributed by atoms with Crippen molar-refractivity contribution in [1.29, 1.82) is 0 Å². The number of urea groups is 1. The molecule has 0 unspecified atom stereocenters. The first kappa shape index (κ1) is 16.6. The van der Waals surface area contributed by atoms with E-state index in [2.05, 4.69) is 25.0 Å². The van der Waals surface area contributed by atoms with Crippen molar-refractivity contribution in [2.24, 2.45) is 0 Å². The topological polar surface area (TPSA) is 126 Å². The van der Waals surface area contributed by atoms with Gasteiger partial charge in [-0.1, -0.05) is 6.07 Å². The molecule has 0 radical (unpaired) electrons. The molecule has 2 aromatic heterocycles. The van der Waals surface area contributed by atoms with E-state index in [1.165, 1.54) is 12.3 Å². The Morgan fingerprint density at radius 1 is 1.09 bits per heavy atom. The van der Waals surface area contributed by atoms with Gasteiger partial charge in [0.1, 0.15) is 5.82 Å². The van der Waals surface area contributed by atoms with Crippen molar-refractivity contribution in [2.75, 3.05) is 10.0 Å². The third-order valence-electron chi connectivity index (χ3n) is 2.58. The lowest BCUT2D eigenvalue weighted by Crippen LogP contribution is -2.38. The van der Waals surface area contributed by atoms with Crippen LogP contribution >= 0.6 is 0 Å². The Bertz CT molecular complexity index is 800. The Labute approximate surface area is 133 Å². The predicted molar refractivity (Wildman–Crippen MR) is 85.2 cm³/mol. The molecule has 0 fully saturated rings. The third-order valence-corrected chi connectivity index (χ3v) is 3.52. The number of aromatic nitrogens is 3. The first-order valence-corrected chi connectivity index (χ1v) is 8.08. The van der Waals surface area contributed by atoms with Gasteiger partial charge in [-0.15, -0.1) is 0 Å². The molecule has 0 aliphatic rings. The molecule has 0 aliphatic heterocycles. The summed E-state index contributed by atoms with van der Waals surface area (Å²) >= 11 is 0. The van der Waals surface area contributed by atoms with Gasteiger partial charge in [0.2, 0.25) is 5.95 Å². The average molecular weight is 336 g/mol.